The molecular formula is C20H16F5N5O2. The molecule has 0 aliphatic heterocycles. The van der Waals surface area contributed by atoms with E-state index in [4.69, 9.17) is 4.74 Å². The van der Waals surface area contributed by atoms with E-state index < -0.39 is 48.0 Å². The summed E-state index contributed by atoms with van der Waals surface area (Å²) >= 11 is 0. The normalized spacial score (nSPS) is 12.5. The van der Waals surface area contributed by atoms with Gasteiger partial charge in [-0.2, -0.15) is 13.2 Å². The Kier molecular flexibility index (Phi) is 6.91. The molecule has 7 nitrogen and oxygen atoms in total. The van der Waals surface area contributed by atoms with Gasteiger partial charge in [0.1, 0.15) is 18.1 Å². The minimum absolute atomic E-state index is 0.249. The van der Waals surface area contributed by atoms with Gasteiger partial charge in [-0.15, -0.1) is 0 Å². The van der Waals surface area contributed by atoms with Gasteiger partial charge < -0.3 is 10.1 Å². The van der Waals surface area contributed by atoms with Crippen LogP contribution < -0.4 is 10.1 Å². The maximum absolute atomic E-state index is 13.2. The third-order valence-electron chi connectivity index (χ3n) is 4.13. The first-order valence-corrected chi connectivity index (χ1v) is 9.17. The number of halogens is 5. The minimum Gasteiger partial charge on any atom is -0.488 e. The molecule has 1 amide bonds. The van der Waals surface area contributed by atoms with E-state index in [9.17, 15) is 26.7 Å². The van der Waals surface area contributed by atoms with Crippen LogP contribution in [0.4, 0.5) is 22.0 Å². The Morgan fingerprint density at radius 2 is 1.72 bits per heavy atom. The molecule has 32 heavy (non-hydrogen) atoms. The van der Waals surface area contributed by atoms with Gasteiger partial charge in [0.2, 0.25) is 0 Å². The number of nitrogens with one attached hydrogen (secondary N) is 1. The molecule has 0 fully saturated rings. The zero-order chi connectivity index (χ0) is 23.3. The van der Waals surface area contributed by atoms with Gasteiger partial charge in [0.05, 0.1) is 17.3 Å². The molecule has 168 valence electrons. The van der Waals surface area contributed by atoms with Crippen molar-refractivity contribution < 1.29 is 31.5 Å². The van der Waals surface area contributed by atoms with E-state index in [1.807, 2.05) is 0 Å². The predicted octanol–water partition coefficient (Wildman–Crippen LogP) is 4.09. The summed E-state index contributed by atoms with van der Waals surface area (Å²) in [5, 5.41) is 2.53. The summed E-state index contributed by atoms with van der Waals surface area (Å²) in [5.41, 5.74) is -1.06. The Balaban J connectivity index is 1.88. The van der Waals surface area contributed by atoms with Crippen LogP contribution in [0.1, 0.15) is 34.6 Å². The number of alkyl halides is 5. The van der Waals surface area contributed by atoms with Crippen LogP contribution in [0.5, 0.6) is 5.75 Å². The lowest BCUT2D eigenvalue weighted by Crippen LogP contribution is -2.28. The van der Waals surface area contributed by atoms with Crippen molar-refractivity contribution in [1.29, 1.82) is 0 Å². The molecule has 3 aromatic rings. The Labute approximate surface area is 178 Å². The Bertz CT molecular complexity index is 1080. The van der Waals surface area contributed by atoms with Crippen molar-refractivity contribution in [2.75, 3.05) is 6.61 Å². The molecule has 0 spiro atoms. The van der Waals surface area contributed by atoms with Gasteiger partial charge in [0, 0.05) is 30.4 Å². The number of rotatable bonds is 7. The molecular weight excluding hydrogens is 437 g/mol. The summed E-state index contributed by atoms with van der Waals surface area (Å²) in [6.07, 6.45) is -1.93. The van der Waals surface area contributed by atoms with Gasteiger partial charge in [-0.05, 0) is 31.2 Å². The average Bonchev–Trinajstić information content (AvgIpc) is 2.77. The number of carbonyl (C=O) groups is 1. The van der Waals surface area contributed by atoms with Crippen molar-refractivity contribution in [3.8, 4) is 17.3 Å². The highest BCUT2D eigenvalue weighted by Gasteiger charge is 2.32. The lowest BCUT2D eigenvalue weighted by atomic mass is 10.1. The number of aromatic nitrogens is 4. The molecule has 1 N–H and O–H groups in total. The molecule has 0 radical (unpaired) electrons. The summed E-state index contributed by atoms with van der Waals surface area (Å²) in [6.45, 7) is 0.439. The van der Waals surface area contributed by atoms with Crippen molar-refractivity contribution in [2.45, 2.75) is 25.6 Å². The molecule has 1 aromatic carbocycles. The van der Waals surface area contributed by atoms with Crippen LogP contribution in [0, 0.1) is 0 Å². The van der Waals surface area contributed by atoms with Crippen molar-refractivity contribution in [2.24, 2.45) is 0 Å². The van der Waals surface area contributed by atoms with Gasteiger partial charge in [0.15, 0.2) is 5.82 Å². The number of benzene rings is 1. The van der Waals surface area contributed by atoms with E-state index in [-0.39, 0.29) is 17.2 Å². The second-order valence-electron chi connectivity index (χ2n) is 6.50. The number of hydrogen-bond donors (Lipinski definition) is 1. The second-order valence-corrected chi connectivity index (χ2v) is 6.50. The van der Waals surface area contributed by atoms with E-state index in [1.165, 1.54) is 24.8 Å². The van der Waals surface area contributed by atoms with Crippen LogP contribution in [0.3, 0.4) is 0 Å². The van der Waals surface area contributed by atoms with E-state index in [1.54, 1.807) is 13.0 Å². The maximum atomic E-state index is 13.2. The van der Waals surface area contributed by atoms with Gasteiger partial charge in [-0.3, -0.25) is 9.78 Å². The number of ether oxygens (including phenoxy) is 1. The number of hydrogen-bond acceptors (Lipinski definition) is 6. The molecule has 12 heteroatoms. The van der Waals surface area contributed by atoms with E-state index >= 15 is 0 Å². The second kappa shape index (κ2) is 9.62. The molecule has 0 aliphatic rings. The van der Waals surface area contributed by atoms with Crippen LogP contribution in [-0.4, -0.2) is 38.9 Å². The maximum Gasteiger partial charge on any atom is 0.416 e. The highest BCUT2D eigenvalue weighted by atomic mass is 19.4. The Morgan fingerprint density at radius 3 is 2.38 bits per heavy atom. The fourth-order valence-corrected chi connectivity index (χ4v) is 2.74. The van der Waals surface area contributed by atoms with E-state index in [2.05, 4.69) is 25.3 Å². The van der Waals surface area contributed by atoms with Crippen LogP contribution in [0.25, 0.3) is 11.5 Å². The van der Waals surface area contributed by atoms with Crippen molar-refractivity contribution in [3.63, 3.8) is 0 Å². The molecule has 0 saturated heterocycles. The molecule has 1 unspecified atom stereocenters. The lowest BCUT2D eigenvalue weighted by Gasteiger charge is -2.17. The molecule has 2 aromatic heterocycles. The standard InChI is InChI=1S/C20H16F5N5O2/c1-11(16-17(27-6-5-26-16)18-28-3-2-4-29-18)30-19(31)12-7-13(20(23,24)25)9-14(8-12)32-10-15(21)22/h2-9,11,15H,10H2,1H3,(H,30,31). The highest BCUT2D eigenvalue weighted by molar-refractivity contribution is 5.95. The predicted molar refractivity (Wildman–Crippen MR) is 102 cm³/mol. The largest absolute Gasteiger partial charge is 0.488 e. The number of carbonyl (C=O) groups excluding carboxylic acids is 1. The summed E-state index contributed by atoms with van der Waals surface area (Å²) in [7, 11) is 0. The molecule has 2 heterocycles. The van der Waals surface area contributed by atoms with Gasteiger partial charge in [-0.25, -0.2) is 23.7 Å². The molecule has 0 bridgehead atoms. The zero-order valence-electron chi connectivity index (χ0n) is 16.5. The minimum atomic E-state index is -4.81. The van der Waals surface area contributed by atoms with E-state index in [0.29, 0.717) is 12.1 Å². The molecule has 1 atom stereocenters. The Hall–Kier alpha value is -3.70. The number of nitrogens with zero attached hydrogens (tertiary/aromatic N) is 4. The topological polar surface area (TPSA) is 89.9 Å². The zero-order valence-corrected chi connectivity index (χ0v) is 16.5. The highest BCUT2D eigenvalue weighted by Crippen LogP contribution is 2.33. The van der Waals surface area contributed by atoms with Crippen molar-refractivity contribution in [3.05, 3.63) is 65.9 Å². The molecule has 3 rings (SSSR count). The number of amides is 1. The van der Waals surface area contributed by atoms with Crippen LogP contribution in [0.15, 0.2) is 49.1 Å². The monoisotopic (exact) mass is 453 g/mol. The third-order valence-corrected chi connectivity index (χ3v) is 4.13. The van der Waals surface area contributed by atoms with Gasteiger partial charge in [-0.1, -0.05) is 0 Å². The molecule has 0 aliphatic carbocycles. The van der Waals surface area contributed by atoms with Crippen LogP contribution in [-0.2, 0) is 6.18 Å². The summed E-state index contributed by atoms with van der Waals surface area (Å²) in [4.78, 5) is 29.2. The smallest absolute Gasteiger partial charge is 0.416 e. The Morgan fingerprint density at radius 1 is 1.03 bits per heavy atom. The third kappa shape index (κ3) is 5.71. The van der Waals surface area contributed by atoms with Crippen LogP contribution >= 0.6 is 0 Å². The average molecular weight is 453 g/mol. The van der Waals surface area contributed by atoms with Crippen molar-refractivity contribution in [1.82, 2.24) is 25.3 Å². The summed E-state index contributed by atoms with van der Waals surface area (Å²) < 4.78 is 69.1. The fraction of sp³-hybridized carbons (Fsp3) is 0.250. The lowest BCUT2D eigenvalue weighted by molar-refractivity contribution is -0.137. The SMILES string of the molecule is CC(NC(=O)c1cc(OCC(F)F)cc(C(F)(F)F)c1)c1nccnc1-c1ncccn1. The first-order chi connectivity index (χ1) is 15.1. The quantitative estimate of drug-likeness (QED) is 0.542. The first kappa shape index (κ1) is 23.0. The summed E-state index contributed by atoms with van der Waals surface area (Å²) in [5.74, 6) is -1.15. The van der Waals surface area contributed by atoms with Gasteiger partial charge >= 0.3 is 6.18 Å². The molecule has 0 saturated carbocycles. The first-order valence-electron chi connectivity index (χ1n) is 9.17. The van der Waals surface area contributed by atoms with Gasteiger partial charge in [0.25, 0.3) is 12.3 Å². The fourth-order valence-electron chi connectivity index (χ4n) is 2.74. The van der Waals surface area contributed by atoms with Crippen molar-refractivity contribution >= 4 is 5.91 Å². The van der Waals surface area contributed by atoms with Crippen LogP contribution in [0.2, 0.25) is 0 Å². The van der Waals surface area contributed by atoms with E-state index in [0.717, 1.165) is 6.07 Å². The summed E-state index contributed by atoms with van der Waals surface area (Å²) in [6, 6.07) is 2.92.